The van der Waals surface area contributed by atoms with E-state index in [-0.39, 0.29) is 5.66 Å². The van der Waals surface area contributed by atoms with E-state index in [1.165, 1.54) is 0 Å². The SMILES string of the molecule is C[C@]1(O)CCCCCC[C@@H]1P(=O)(c1ccccc1)c1ccccc1. The van der Waals surface area contributed by atoms with Gasteiger partial charge in [0.1, 0.15) is 7.14 Å². The molecule has 0 spiro atoms. The maximum Gasteiger partial charge on any atom is 0.148 e. The number of rotatable bonds is 3. The fraction of sp³-hybridized carbons (Fsp3) is 0.429. The molecule has 24 heavy (non-hydrogen) atoms. The van der Waals surface area contributed by atoms with Crippen molar-refractivity contribution in [2.75, 3.05) is 0 Å². The highest BCUT2D eigenvalue weighted by Gasteiger charge is 2.46. The number of aliphatic hydroxyl groups is 1. The van der Waals surface area contributed by atoms with E-state index in [1.54, 1.807) is 0 Å². The zero-order valence-corrected chi connectivity index (χ0v) is 15.3. The van der Waals surface area contributed by atoms with Crippen LogP contribution in [0.25, 0.3) is 0 Å². The molecule has 0 aromatic heterocycles. The van der Waals surface area contributed by atoms with Gasteiger partial charge in [0, 0.05) is 16.3 Å². The first-order valence-corrected chi connectivity index (χ1v) is 10.8. The molecule has 1 aliphatic rings. The van der Waals surface area contributed by atoms with Crippen molar-refractivity contribution in [3.63, 3.8) is 0 Å². The summed E-state index contributed by atoms with van der Waals surface area (Å²) in [5, 5.41) is 13.0. The van der Waals surface area contributed by atoms with Crippen LogP contribution in [-0.2, 0) is 4.57 Å². The summed E-state index contributed by atoms with van der Waals surface area (Å²) < 4.78 is 14.5. The van der Waals surface area contributed by atoms with E-state index in [9.17, 15) is 9.67 Å². The molecule has 1 saturated carbocycles. The highest BCUT2D eigenvalue weighted by molar-refractivity contribution is 7.79. The summed E-state index contributed by atoms with van der Waals surface area (Å²) in [4.78, 5) is 0. The van der Waals surface area contributed by atoms with Crippen molar-refractivity contribution in [3.8, 4) is 0 Å². The minimum absolute atomic E-state index is 0.227. The zero-order valence-electron chi connectivity index (χ0n) is 14.4. The molecule has 0 saturated heterocycles. The second-order valence-electron chi connectivity index (χ2n) is 7.15. The number of benzene rings is 2. The summed E-state index contributed by atoms with van der Waals surface area (Å²) in [6, 6.07) is 19.5. The predicted octanol–water partition coefficient (Wildman–Crippen LogP) is 4.47. The van der Waals surface area contributed by atoms with E-state index in [2.05, 4.69) is 0 Å². The van der Waals surface area contributed by atoms with Crippen LogP contribution in [0, 0.1) is 0 Å². The Balaban J connectivity index is 2.15. The average molecular weight is 342 g/mol. The van der Waals surface area contributed by atoms with Crippen LogP contribution in [0.1, 0.15) is 45.4 Å². The van der Waals surface area contributed by atoms with Gasteiger partial charge in [-0.1, -0.05) is 86.3 Å². The van der Waals surface area contributed by atoms with Crippen LogP contribution >= 0.6 is 7.14 Å². The highest BCUT2D eigenvalue weighted by Crippen LogP contribution is 2.55. The van der Waals surface area contributed by atoms with Crippen LogP contribution < -0.4 is 10.6 Å². The second-order valence-corrected chi connectivity index (χ2v) is 10.1. The van der Waals surface area contributed by atoms with E-state index in [0.717, 1.165) is 49.1 Å². The van der Waals surface area contributed by atoms with Gasteiger partial charge in [0.2, 0.25) is 0 Å². The Hall–Kier alpha value is -1.37. The molecular formula is C21H27O2P. The van der Waals surface area contributed by atoms with Gasteiger partial charge in [-0.2, -0.15) is 0 Å². The molecule has 0 aliphatic heterocycles. The summed E-state index contributed by atoms with van der Waals surface area (Å²) in [5.41, 5.74) is -1.13. The molecule has 0 heterocycles. The van der Waals surface area contributed by atoms with E-state index >= 15 is 0 Å². The van der Waals surface area contributed by atoms with Crippen LogP contribution in [0.3, 0.4) is 0 Å². The highest BCUT2D eigenvalue weighted by atomic mass is 31.2. The molecule has 2 nitrogen and oxygen atoms in total. The Morgan fingerprint density at radius 2 is 1.38 bits per heavy atom. The van der Waals surface area contributed by atoms with Crippen molar-refractivity contribution in [3.05, 3.63) is 60.7 Å². The molecule has 2 aromatic rings. The van der Waals surface area contributed by atoms with Gasteiger partial charge in [0.25, 0.3) is 0 Å². The third-order valence-corrected chi connectivity index (χ3v) is 9.17. The normalized spacial score (nSPS) is 25.7. The first kappa shape index (κ1) is 17.5. The molecule has 1 fully saturated rings. The van der Waals surface area contributed by atoms with Gasteiger partial charge in [0.15, 0.2) is 0 Å². The molecule has 2 aromatic carbocycles. The lowest BCUT2D eigenvalue weighted by Gasteiger charge is -2.40. The van der Waals surface area contributed by atoms with Crippen LogP contribution in [0.4, 0.5) is 0 Å². The smallest absolute Gasteiger partial charge is 0.148 e. The summed E-state index contributed by atoms with van der Waals surface area (Å²) in [6.45, 7) is 1.89. The minimum atomic E-state index is -2.92. The average Bonchev–Trinajstić information content (AvgIpc) is 2.60. The molecule has 128 valence electrons. The summed E-state index contributed by atoms with van der Waals surface area (Å²) in [7, 11) is -2.92. The van der Waals surface area contributed by atoms with Gasteiger partial charge < -0.3 is 9.67 Å². The first-order valence-electron chi connectivity index (χ1n) is 8.98. The van der Waals surface area contributed by atoms with Crippen molar-refractivity contribution in [2.24, 2.45) is 0 Å². The molecule has 1 aliphatic carbocycles. The standard InChI is InChI=1S/C21H27O2P/c1-21(22)17-11-3-2-10-16-20(21)24(23,18-12-6-4-7-13-18)19-14-8-5-9-15-19/h4-9,12-15,20,22H,2-3,10-11,16-17H2,1H3/t20-,21-/m0/s1. The zero-order chi connectivity index (χ0) is 17.0. The lowest BCUT2D eigenvalue weighted by atomic mass is 9.88. The van der Waals surface area contributed by atoms with Gasteiger partial charge >= 0.3 is 0 Å². The monoisotopic (exact) mass is 342 g/mol. The van der Waals surface area contributed by atoms with Crippen LogP contribution in [0.2, 0.25) is 0 Å². The van der Waals surface area contributed by atoms with Crippen LogP contribution in [0.5, 0.6) is 0 Å². The molecule has 0 amide bonds. The molecule has 0 unspecified atom stereocenters. The topological polar surface area (TPSA) is 37.3 Å². The quantitative estimate of drug-likeness (QED) is 0.836. The molecule has 2 atom stereocenters. The van der Waals surface area contributed by atoms with Crippen LogP contribution in [-0.4, -0.2) is 16.4 Å². The van der Waals surface area contributed by atoms with Gasteiger partial charge in [-0.25, -0.2) is 0 Å². The molecule has 0 bridgehead atoms. The third kappa shape index (κ3) is 3.36. The molecule has 3 rings (SSSR count). The maximum atomic E-state index is 14.5. The Bertz CT molecular complexity index is 651. The summed E-state index contributed by atoms with van der Waals surface area (Å²) >= 11 is 0. The molecule has 3 heteroatoms. The predicted molar refractivity (Wildman–Crippen MR) is 102 cm³/mol. The van der Waals surface area contributed by atoms with E-state index in [4.69, 9.17) is 0 Å². The molecular weight excluding hydrogens is 315 g/mol. The fourth-order valence-corrected chi connectivity index (χ4v) is 7.74. The van der Waals surface area contributed by atoms with E-state index in [0.29, 0.717) is 0 Å². The minimum Gasteiger partial charge on any atom is -0.389 e. The summed E-state index contributed by atoms with van der Waals surface area (Å²) in [6.07, 6.45) is 5.90. The van der Waals surface area contributed by atoms with Crippen molar-refractivity contribution in [1.82, 2.24) is 0 Å². The Kier molecular flexibility index (Phi) is 5.27. The third-order valence-electron chi connectivity index (χ3n) is 5.35. The largest absolute Gasteiger partial charge is 0.389 e. The maximum absolute atomic E-state index is 14.5. The van der Waals surface area contributed by atoms with Gasteiger partial charge in [-0.15, -0.1) is 0 Å². The molecule has 1 N–H and O–H groups in total. The molecule has 0 radical (unpaired) electrons. The van der Waals surface area contributed by atoms with E-state index in [1.807, 2.05) is 67.6 Å². The number of hydrogen-bond donors (Lipinski definition) is 1. The first-order chi connectivity index (χ1) is 11.5. The lowest BCUT2D eigenvalue weighted by Crippen LogP contribution is -2.44. The van der Waals surface area contributed by atoms with Crippen molar-refractivity contribution >= 4 is 17.8 Å². The Morgan fingerprint density at radius 1 is 0.875 bits per heavy atom. The van der Waals surface area contributed by atoms with E-state index < -0.39 is 12.7 Å². The van der Waals surface area contributed by atoms with Gasteiger partial charge in [-0.3, -0.25) is 0 Å². The fourth-order valence-electron chi connectivity index (χ4n) is 4.03. The number of hydrogen-bond acceptors (Lipinski definition) is 2. The van der Waals surface area contributed by atoms with Crippen molar-refractivity contribution < 1.29 is 9.67 Å². The van der Waals surface area contributed by atoms with Gasteiger partial charge in [0.05, 0.1) is 5.60 Å². The lowest BCUT2D eigenvalue weighted by molar-refractivity contribution is 0.0364. The Morgan fingerprint density at radius 3 is 1.92 bits per heavy atom. The van der Waals surface area contributed by atoms with Crippen molar-refractivity contribution in [2.45, 2.75) is 56.7 Å². The summed E-state index contributed by atoms with van der Waals surface area (Å²) in [5.74, 6) is 0. The van der Waals surface area contributed by atoms with Crippen molar-refractivity contribution in [1.29, 1.82) is 0 Å². The second kappa shape index (κ2) is 7.25. The van der Waals surface area contributed by atoms with Gasteiger partial charge in [-0.05, 0) is 19.8 Å². The van der Waals surface area contributed by atoms with Crippen LogP contribution in [0.15, 0.2) is 60.7 Å². The Labute approximate surface area is 145 Å².